The van der Waals surface area contributed by atoms with Crippen molar-refractivity contribution in [1.82, 2.24) is 9.80 Å². The van der Waals surface area contributed by atoms with Crippen LogP contribution in [0.2, 0.25) is 0 Å². The van der Waals surface area contributed by atoms with Gasteiger partial charge in [-0.1, -0.05) is 0 Å². The Hall–Kier alpha value is -2.15. The molecule has 7 nitrogen and oxygen atoms in total. The SMILES string of the molecule is O=C(CN1CCN(c2ccc([N+](=O)[O-])cc2)CC1)N1CCCC1. The van der Waals surface area contributed by atoms with E-state index in [2.05, 4.69) is 9.80 Å². The second-order valence-corrected chi connectivity index (χ2v) is 6.12. The molecule has 0 aromatic heterocycles. The maximum absolute atomic E-state index is 12.2. The largest absolute Gasteiger partial charge is 0.369 e. The van der Waals surface area contributed by atoms with Crippen LogP contribution in [0.25, 0.3) is 0 Å². The van der Waals surface area contributed by atoms with Gasteiger partial charge in [-0.15, -0.1) is 0 Å². The maximum atomic E-state index is 12.2. The van der Waals surface area contributed by atoms with Crippen LogP contribution in [-0.2, 0) is 4.79 Å². The summed E-state index contributed by atoms with van der Waals surface area (Å²) in [7, 11) is 0. The first-order chi connectivity index (χ1) is 11.1. The average molecular weight is 318 g/mol. The standard InChI is InChI=1S/C16H22N4O3/c21-16(19-7-1-2-8-19)13-17-9-11-18(12-10-17)14-3-5-15(6-4-14)20(22)23/h3-6H,1-2,7-13H2. The van der Waals surface area contributed by atoms with E-state index in [1.807, 2.05) is 4.90 Å². The molecule has 0 atom stereocenters. The smallest absolute Gasteiger partial charge is 0.269 e. The fourth-order valence-corrected chi connectivity index (χ4v) is 3.21. The molecule has 0 unspecified atom stereocenters. The Morgan fingerprint density at radius 1 is 1.00 bits per heavy atom. The van der Waals surface area contributed by atoms with Gasteiger partial charge in [0.05, 0.1) is 11.5 Å². The Labute approximate surface area is 135 Å². The molecule has 0 spiro atoms. The van der Waals surface area contributed by atoms with Crippen molar-refractivity contribution in [3.8, 4) is 0 Å². The molecule has 3 rings (SSSR count). The molecule has 0 N–H and O–H groups in total. The third kappa shape index (κ3) is 3.79. The van der Waals surface area contributed by atoms with E-state index in [0.29, 0.717) is 6.54 Å². The van der Waals surface area contributed by atoms with Gasteiger partial charge in [0.15, 0.2) is 0 Å². The normalized spacial score (nSPS) is 19.1. The zero-order valence-corrected chi connectivity index (χ0v) is 13.2. The van der Waals surface area contributed by atoms with Crippen molar-refractivity contribution in [2.75, 3.05) is 50.7 Å². The number of hydrogen-bond donors (Lipinski definition) is 0. The zero-order valence-electron chi connectivity index (χ0n) is 13.2. The number of rotatable bonds is 4. The number of anilines is 1. The Balaban J connectivity index is 1.49. The van der Waals surface area contributed by atoms with Crippen LogP contribution in [0.1, 0.15) is 12.8 Å². The van der Waals surface area contributed by atoms with Crippen LogP contribution in [0.5, 0.6) is 0 Å². The molecule has 124 valence electrons. The van der Waals surface area contributed by atoms with E-state index in [4.69, 9.17) is 0 Å². The summed E-state index contributed by atoms with van der Waals surface area (Å²) in [6.07, 6.45) is 2.25. The van der Waals surface area contributed by atoms with E-state index in [1.54, 1.807) is 24.3 Å². The molecule has 7 heteroatoms. The highest BCUT2D eigenvalue weighted by atomic mass is 16.6. The summed E-state index contributed by atoms with van der Waals surface area (Å²) in [4.78, 5) is 28.8. The predicted octanol–water partition coefficient (Wildman–Crippen LogP) is 1.34. The lowest BCUT2D eigenvalue weighted by Crippen LogP contribution is -2.49. The van der Waals surface area contributed by atoms with Gasteiger partial charge in [-0.3, -0.25) is 19.8 Å². The molecule has 1 amide bonds. The average Bonchev–Trinajstić information content (AvgIpc) is 3.10. The van der Waals surface area contributed by atoms with Crippen LogP contribution in [0.15, 0.2) is 24.3 Å². The van der Waals surface area contributed by atoms with Gasteiger partial charge in [0.2, 0.25) is 5.91 Å². The quantitative estimate of drug-likeness (QED) is 0.619. The summed E-state index contributed by atoms with van der Waals surface area (Å²) in [5, 5.41) is 10.7. The van der Waals surface area contributed by atoms with Crippen LogP contribution >= 0.6 is 0 Å². The van der Waals surface area contributed by atoms with Crippen molar-refractivity contribution < 1.29 is 9.72 Å². The number of carbonyl (C=O) groups excluding carboxylic acids is 1. The van der Waals surface area contributed by atoms with Crippen LogP contribution in [0.4, 0.5) is 11.4 Å². The number of likely N-dealkylation sites (tertiary alicyclic amines) is 1. The molecule has 2 aliphatic heterocycles. The molecule has 2 saturated heterocycles. The minimum atomic E-state index is -0.383. The summed E-state index contributed by atoms with van der Waals surface area (Å²) in [5.41, 5.74) is 1.12. The molecule has 0 aliphatic carbocycles. The monoisotopic (exact) mass is 318 g/mol. The fraction of sp³-hybridized carbons (Fsp3) is 0.562. The molecule has 2 heterocycles. The number of nitro benzene ring substituents is 1. The highest BCUT2D eigenvalue weighted by molar-refractivity contribution is 5.78. The Morgan fingerprint density at radius 2 is 1.61 bits per heavy atom. The highest BCUT2D eigenvalue weighted by Crippen LogP contribution is 2.20. The molecule has 1 aromatic rings. The van der Waals surface area contributed by atoms with Gasteiger partial charge in [0.1, 0.15) is 0 Å². The predicted molar refractivity (Wildman–Crippen MR) is 87.6 cm³/mol. The first-order valence-corrected chi connectivity index (χ1v) is 8.13. The summed E-state index contributed by atoms with van der Waals surface area (Å²) < 4.78 is 0. The number of piperazine rings is 1. The van der Waals surface area contributed by atoms with E-state index >= 15 is 0 Å². The Bertz CT molecular complexity index is 561. The first kappa shape index (κ1) is 15.7. The summed E-state index contributed by atoms with van der Waals surface area (Å²) in [6.45, 7) is 5.68. The molecular formula is C16H22N4O3. The molecule has 1 aromatic carbocycles. The summed E-state index contributed by atoms with van der Waals surface area (Å²) >= 11 is 0. The van der Waals surface area contributed by atoms with E-state index in [1.165, 1.54) is 0 Å². The van der Waals surface area contributed by atoms with Gasteiger partial charge in [0, 0.05) is 57.1 Å². The van der Waals surface area contributed by atoms with E-state index in [0.717, 1.165) is 57.8 Å². The first-order valence-electron chi connectivity index (χ1n) is 8.13. The van der Waals surface area contributed by atoms with Gasteiger partial charge < -0.3 is 9.80 Å². The lowest BCUT2D eigenvalue weighted by Gasteiger charge is -2.36. The molecule has 0 saturated carbocycles. The minimum absolute atomic E-state index is 0.114. The lowest BCUT2D eigenvalue weighted by molar-refractivity contribution is -0.384. The molecule has 0 radical (unpaired) electrons. The number of benzene rings is 1. The number of amides is 1. The van der Waals surface area contributed by atoms with Crippen LogP contribution in [0, 0.1) is 10.1 Å². The number of non-ortho nitro benzene ring substituents is 1. The van der Waals surface area contributed by atoms with Gasteiger partial charge >= 0.3 is 0 Å². The number of nitrogens with zero attached hydrogens (tertiary/aromatic N) is 4. The Kier molecular flexibility index (Phi) is 4.76. The summed E-state index contributed by atoms with van der Waals surface area (Å²) in [6, 6.07) is 6.67. The molecular weight excluding hydrogens is 296 g/mol. The molecule has 2 fully saturated rings. The van der Waals surface area contributed by atoms with Gasteiger partial charge in [-0.05, 0) is 25.0 Å². The third-order valence-electron chi connectivity index (χ3n) is 4.62. The van der Waals surface area contributed by atoms with Crippen molar-refractivity contribution in [1.29, 1.82) is 0 Å². The fourth-order valence-electron chi connectivity index (χ4n) is 3.21. The van der Waals surface area contributed by atoms with Crippen molar-refractivity contribution in [3.05, 3.63) is 34.4 Å². The van der Waals surface area contributed by atoms with Crippen molar-refractivity contribution in [2.45, 2.75) is 12.8 Å². The van der Waals surface area contributed by atoms with E-state index < -0.39 is 0 Å². The minimum Gasteiger partial charge on any atom is -0.369 e. The van der Waals surface area contributed by atoms with Crippen molar-refractivity contribution >= 4 is 17.3 Å². The van der Waals surface area contributed by atoms with E-state index in [-0.39, 0.29) is 16.5 Å². The second-order valence-electron chi connectivity index (χ2n) is 6.12. The van der Waals surface area contributed by atoms with Crippen LogP contribution in [0.3, 0.4) is 0 Å². The summed E-state index contributed by atoms with van der Waals surface area (Å²) in [5.74, 6) is 0.242. The van der Waals surface area contributed by atoms with Crippen LogP contribution in [-0.4, -0.2) is 66.4 Å². The highest BCUT2D eigenvalue weighted by Gasteiger charge is 2.23. The number of carbonyl (C=O) groups is 1. The molecule has 2 aliphatic rings. The van der Waals surface area contributed by atoms with Crippen molar-refractivity contribution in [2.24, 2.45) is 0 Å². The Morgan fingerprint density at radius 3 is 2.17 bits per heavy atom. The lowest BCUT2D eigenvalue weighted by atomic mass is 10.2. The number of hydrogen-bond acceptors (Lipinski definition) is 5. The topological polar surface area (TPSA) is 69.9 Å². The third-order valence-corrected chi connectivity index (χ3v) is 4.62. The zero-order chi connectivity index (χ0) is 16.2. The van der Waals surface area contributed by atoms with Gasteiger partial charge in [-0.25, -0.2) is 0 Å². The van der Waals surface area contributed by atoms with Gasteiger partial charge in [-0.2, -0.15) is 0 Å². The maximum Gasteiger partial charge on any atom is 0.269 e. The number of nitro groups is 1. The molecule has 0 bridgehead atoms. The molecule has 23 heavy (non-hydrogen) atoms. The van der Waals surface area contributed by atoms with Crippen LogP contribution < -0.4 is 4.90 Å². The van der Waals surface area contributed by atoms with E-state index in [9.17, 15) is 14.9 Å². The van der Waals surface area contributed by atoms with Gasteiger partial charge in [0.25, 0.3) is 5.69 Å². The van der Waals surface area contributed by atoms with Crippen molar-refractivity contribution in [3.63, 3.8) is 0 Å². The second kappa shape index (κ2) is 6.95.